The maximum atomic E-state index is 11.9. The van der Waals surface area contributed by atoms with E-state index in [9.17, 15) is 14.9 Å². The van der Waals surface area contributed by atoms with E-state index in [-0.39, 0.29) is 6.54 Å². The number of hydrogen-bond donors (Lipinski definition) is 1. The molecule has 1 N–H and O–H groups in total. The molecule has 0 radical (unpaired) electrons. The second-order valence-corrected chi connectivity index (χ2v) is 5.74. The van der Waals surface area contributed by atoms with E-state index in [0.717, 1.165) is 6.54 Å². The van der Waals surface area contributed by atoms with Gasteiger partial charge in [-0.25, -0.2) is 0 Å². The van der Waals surface area contributed by atoms with E-state index < -0.39 is 16.2 Å². The van der Waals surface area contributed by atoms with Crippen LogP contribution >= 0.6 is 27.3 Å². The van der Waals surface area contributed by atoms with Crippen LogP contribution in [0.4, 0.5) is 10.8 Å². The molecular weight excluding hydrogens is 350 g/mol. The van der Waals surface area contributed by atoms with Crippen molar-refractivity contribution in [1.82, 2.24) is 14.8 Å². The van der Waals surface area contributed by atoms with Crippen molar-refractivity contribution in [3.63, 3.8) is 0 Å². The van der Waals surface area contributed by atoms with Gasteiger partial charge in [-0.3, -0.25) is 14.9 Å². The topological polar surface area (TPSA) is 103 Å². The highest BCUT2D eigenvalue weighted by Crippen LogP contribution is 2.18. The molecular formula is C10H10BrN5O3S. The van der Waals surface area contributed by atoms with Gasteiger partial charge in [0, 0.05) is 23.3 Å². The molecule has 0 fully saturated rings. The summed E-state index contributed by atoms with van der Waals surface area (Å²) in [4.78, 5) is 22.0. The van der Waals surface area contributed by atoms with Gasteiger partial charge in [-0.1, -0.05) is 11.3 Å². The van der Waals surface area contributed by atoms with Crippen molar-refractivity contribution in [2.24, 2.45) is 0 Å². The Morgan fingerprint density at radius 1 is 1.55 bits per heavy atom. The fourth-order valence-corrected chi connectivity index (χ4v) is 2.79. The largest absolute Gasteiger partial charge is 0.360 e. The summed E-state index contributed by atoms with van der Waals surface area (Å²) in [5.41, 5.74) is -1.14. The molecule has 0 saturated heterocycles. The third-order valence-corrected chi connectivity index (χ3v) is 3.63. The minimum Gasteiger partial charge on any atom is -0.360 e. The maximum absolute atomic E-state index is 11.9. The molecule has 0 aromatic carbocycles. The predicted molar refractivity (Wildman–Crippen MR) is 78.2 cm³/mol. The zero-order valence-electron chi connectivity index (χ0n) is 10.4. The second-order valence-electron chi connectivity index (χ2n) is 3.77. The van der Waals surface area contributed by atoms with Gasteiger partial charge in [-0.05, 0) is 22.9 Å². The molecule has 0 bridgehead atoms. The summed E-state index contributed by atoms with van der Waals surface area (Å²) in [5.74, 6) is 0. The molecule has 0 unspecified atom stereocenters. The fourth-order valence-electron chi connectivity index (χ4n) is 1.52. The Balaban J connectivity index is 2.33. The monoisotopic (exact) mass is 359 g/mol. The fraction of sp³-hybridized carbons (Fsp3) is 0.300. The third kappa shape index (κ3) is 3.20. The summed E-state index contributed by atoms with van der Waals surface area (Å²) in [7, 11) is 0. The van der Waals surface area contributed by atoms with Gasteiger partial charge >= 0.3 is 11.2 Å². The molecule has 2 aromatic heterocycles. The van der Waals surface area contributed by atoms with Crippen molar-refractivity contribution >= 4 is 38.1 Å². The Morgan fingerprint density at radius 2 is 2.30 bits per heavy atom. The minimum atomic E-state index is -0.701. The highest BCUT2D eigenvalue weighted by atomic mass is 79.9. The second kappa shape index (κ2) is 6.09. The first-order valence-electron chi connectivity index (χ1n) is 5.62. The van der Waals surface area contributed by atoms with Crippen LogP contribution in [0.25, 0.3) is 0 Å². The summed E-state index contributed by atoms with van der Waals surface area (Å²) < 4.78 is 1.69. The van der Waals surface area contributed by atoms with Crippen LogP contribution in [-0.2, 0) is 6.54 Å². The SMILES string of the molecule is CCNc1nnc(Cn2cc(Br)cc([N+](=O)[O-])c2=O)s1. The number of hydrogen-bond acceptors (Lipinski definition) is 7. The lowest BCUT2D eigenvalue weighted by Gasteiger charge is -2.03. The Kier molecular flexibility index (Phi) is 4.45. The third-order valence-electron chi connectivity index (χ3n) is 2.33. The van der Waals surface area contributed by atoms with Crippen LogP contribution in [0.1, 0.15) is 11.9 Å². The van der Waals surface area contributed by atoms with Gasteiger partial charge in [0.2, 0.25) is 5.13 Å². The van der Waals surface area contributed by atoms with Crippen LogP contribution in [0.5, 0.6) is 0 Å². The van der Waals surface area contributed by atoms with Gasteiger partial charge in [0.25, 0.3) is 0 Å². The van der Waals surface area contributed by atoms with E-state index in [1.165, 1.54) is 28.2 Å². The molecule has 0 aliphatic heterocycles. The van der Waals surface area contributed by atoms with Gasteiger partial charge < -0.3 is 9.88 Å². The summed E-state index contributed by atoms with van der Waals surface area (Å²) >= 11 is 4.45. The Hall–Kier alpha value is -1.81. The number of rotatable bonds is 5. The molecule has 2 heterocycles. The van der Waals surface area contributed by atoms with Gasteiger partial charge in [0.05, 0.1) is 11.5 Å². The van der Waals surface area contributed by atoms with Gasteiger partial charge in [-0.2, -0.15) is 0 Å². The lowest BCUT2D eigenvalue weighted by atomic mass is 10.4. The summed E-state index contributed by atoms with van der Waals surface area (Å²) in [6.07, 6.45) is 1.49. The Bertz CT molecular complexity index is 698. The van der Waals surface area contributed by atoms with Crippen LogP contribution in [0.2, 0.25) is 0 Å². The zero-order valence-corrected chi connectivity index (χ0v) is 12.8. The van der Waals surface area contributed by atoms with Crippen molar-refractivity contribution in [3.8, 4) is 0 Å². The zero-order chi connectivity index (χ0) is 14.7. The van der Waals surface area contributed by atoms with Crippen LogP contribution in [0, 0.1) is 10.1 Å². The molecule has 0 saturated carbocycles. The number of pyridine rings is 1. The van der Waals surface area contributed by atoms with E-state index in [0.29, 0.717) is 14.6 Å². The molecule has 106 valence electrons. The lowest BCUT2D eigenvalue weighted by Crippen LogP contribution is -2.22. The predicted octanol–water partition coefficient (Wildman–Crippen LogP) is 1.85. The molecule has 0 spiro atoms. The van der Waals surface area contributed by atoms with E-state index in [2.05, 4.69) is 31.4 Å². The van der Waals surface area contributed by atoms with Crippen LogP contribution in [0.3, 0.4) is 0 Å². The molecule has 0 atom stereocenters. The summed E-state index contributed by atoms with van der Waals surface area (Å²) in [6, 6.07) is 1.18. The number of nitrogens with one attached hydrogen (secondary N) is 1. The molecule has 10 heteroatoms. The number of nitro groups is 1. The van der Waals surface area contributed by atoms with Crippen molar-refractivity contribution in [3.05, 3.63) is 42.2 Å². The lowest BCUT2D eigenvalue weighted by molar-refractivity contribution is -0.386. The van der Waals surface area contributed by atoms with Gasteiger partial charge in [-0.15, -0.1) is 10.2 Å². The first-order chi connectivity index (χ1) is 9.51. The van der Waals surface area contributed by atoms with Crippen molar-refractivity contribution in [2.75, 3.05) is 11.9 Å². The average Bonchev–Trinajstić information content (AvgIpc) is 2.81. The van der Waals surface area contributed by atoms with Crippen molar-refractivity contribution in [2.45, 2.75) is 13.5 Å². The minimum absolute atomic E-state index is 0.141. The number of anilines is 1. The van der Waals surface area contributed by atoms with E-state index in [4.69, 9.17) is 0 Å². The number of nitrogens with zero attached hydrogens (tertiary/aromatic N) is 4. The first-order valence-corrected chi connectivity index (χ1v) is 7.23. The van der Waals surface area contributed by atoms with Crippen LogP contribution in [-0.4, -0.2) is 26.2 Å². The van der Waals surface area contributed by atoms with Gasteiger partial charge in [0.15, 0.2) is 0 Å². The summed E-state index contributed by atoms with van der Waals surface area (Å²) in [6.45, 7) is 2.79. The molecule has 0 aliphatic rings. The average molecular weight is 360 g/mol. The van der Waals surface area contributed by atoms with Crippen LogP contribution < -0.4 is 10.9 Å². The maximum Gasteiger partial charge on any atom is 0.335 e. The Morgan fingerprint density at radius 3 is 2.95 bits per heavy atom. The smallest absolute Gasteiger partial charge is 0.335 e. The van der Waals surface area contributed by atoms with Crippen molar-refractivity contribution in [1.29, 1.82) is 0 Å². The standard InChI is InChI=1S/C10H10BrN5O3S/c1-2-12-10-14-13-8(20-10)5-15-4-6(11)3-7(9(15)17)16(18)19/h3-4H,2,5H2,1H3,(H,12,14). The quantitative estimate of drug-likeness (QED) is 0.645. The van der Waals surface area contributed by atoms with E-state index in [1.54, 1.807) is 0 Å². The Labute approximate surface area is 125 Å². The number of aromatic nitrogens is 3. The van der Waals surface area contributed by atoms with E-state index >= 15 is 0 Å². The van der Waals surface area contributed by atoms with Crippen LogP contribution in [0.15, 0.2) is 21.5 Å². The van der Waals surface area contributed by atoms with Gasteiger partial charge in [0.1, 0.15) is 5.01 Å². The molecule has 0 aliphatic carbocycles. The van der Waals surface area contributed by atoms with Crippen molar-refractivity contribution < 1.29 is 4.92 Å². The number of halogens is 1. The first kappa shape index (κ1) is 14.6. The normalized spacial score (nSPS) is 10.5. The highest BCUT2D eigenvalue weighted by Gasteiger charge is 2.17. The summed E-state index contributed by atoms with van der Waals surface area (Å²) in [5, 5.41) is 22.9. The molecule has 8 nitrogen and oxygen atoms in total. The molecule has 2 aromatic rings. The van der Waals surface area contributed by atoms with E-state index in [1.807, 2.05) is 6.92 Å². The molecule has 20 heavy (non-hydrogen) atoms. The molecule has 0 amide bonds. The highest BCUT2D eigenvalue weighted by molar-refractivity contribution is 9.10. The molecule has 2 rings (SSSR count).